The molecule has 0 saturated carbocycles. The molecule has 5 rings (SSSR count). The average molecular weight is 512 g/mol. The molecule has 4 aromatic rings. The molecule has 0 aliphatic carbocycles. The van der Waals surface area contributed by atoms with Crippen molar-refractivity contribution in [3.8, 4) is 28.6 Å². The molecule has 1 aliphatic heterocycles. The average Bonchev–Trinajstić information content (AvgIpc) is 3.33. The fourth-order valence-electron chi connectivity index (χ4n) is 4.47. The molecule has 1 amide bonds. The van der Waals surface area contributed by atoms with E-state index in [9.17, 15) is 28.2 Å². The second-order valence-electron chi connectivity index (χ2n) is 8.66. The number of amides is 1. The minimum absolute atomic E-state index is 0.112. The van der Waals surface area contributed by atoms with Crippen molar-refractivity contribution in [3.63, 3.8) is 0 Å². The monoisotopic (exact) mass is 512 g/mol. The Labute approximate surface area is 209 Å². The third kappa shape index (κ3) is 4.59. The molecule has 1 fully saturated rings. The molecule has 1 aromatic heterocycles. The van der Waals surface area contributed by atoms with Crippen LogP contribution in [-0.2, 0) is 6.18 Å². The van der Waals surface area contributed by atoms with Gasteiger partial charge in [-0.25, -0.2) is 4.98 Å². The van der Waals surface area contributed by atoms with E-state index in [1.54, 1.807) is 6.07 Å². The number of rotatable bonds is 4. The molecule has 192 valence electrons. The molecular weight excluding hydrogens is 489 g/mol. The van der Waals surface area contributed by atoms with Gasteiger partial charge in [-0.3, -0.25) is 4.79 Å². The fraction of sp³-hybridized carbons (Fsp3) is 0.231. The number of carbonyl (C=O) groups excluding carboxylic acids is 1. The second-order valence-corrected chi connectivity index (χ2v) is 8.66. The largest absolute Gasteiger partial charge is 0.504 e. The normalized spacial score (nSPS) is 14.3. The molecule has 1 aliphatic rings. The first-order valence-electron chi connectivity index (χ1n) is 11.5. The van der Waals surface area contributed by atoms with E-state index in [1.165, 1.54) is 36.3 Å². The molecule has 11 heteroatoms. The van der Waals surface area contributed by atoms with E-state index in [0.29, 0.717) is 30.0 Å². The first kappa shape index (κ1) is 24.3. The summed E-state index contributed by atoms with van der Waals surface area (Å²) in [5.74, 6) is -0.736. The first-order valence-corrected chi connectivity index (χ1v) is 11.5. The van der Waals surface area contributed by atoms with Crippen molar-refractivity contribution in [1.29, 1.82) is 0 Å². The van der Waals surface area contributed by atoms with Crippen molar-refractivity contribution in [2.75, 3.05) is 38.2 Å². The van der Waals surface area contributed by atoms with Crippen LogP contribution in [-0.4, -0.2) is 64.3 Å². The van der Waals surface area contributed by atoms with Gasteiger partial charge in [0.1, 0.15) is 5.82 Å². The first-order chi connectivity index (χ1) is 17.7. The van der Waals surface area contributed by atoms with E-state index < -0.39 is 17.6 Å². The number of phenols is 2. The number of nitrogens with one attached hydrogen (secondary N) is 1. The molecule has 3 N–H and O–H groups in total. The number of fused-ring (bicyclic) bond motifs is 1. The summed E-state index contributed by atoms with van der Waals surface area (Å²) in [5.41, 5.74) is 1.54. The Morgan fingerprint density at radius 1 is 1.03 bits per heavy atom. The predicted octanol–water partition coefficient (Wildman–Crippen LogP) is 4.63. The maximum atomic E-state index is 13.4. The lowest BCUT2D eigenvalue weighted by Gasteiger charge is -2.36. The summed E-state index contributed by atoms with van der Waals surface area (Å²) in [6.07, 6.45) is -4.60. The molecule has 0 bridgehead atoms. The van der Waals surface area contributed by atoms with E-state index in [-0.39, 0.29) is 35.9 Å². The summed E-state index contributed by atoms with van der Waals surface area (Å²) in [7, 11) is 1.38. The molecule has 0 spiro atoms. The Morgan fingerprint density at radius 2 is 1.76 bits per heavy atom. The molecular formula is C26H23F3N4O4. The van der Waals surface area contributed by atoms with Crippen molar-refractivity contribution < 1.29 is 32.9 Å². The Hall–Kier alpha value is -4.41. The van der Waals surface area contributed by atoms with Crippen LogP contribution in [0.3, 0.4) is 0 Å². The molecule has 0 atom stereocenters. The molecule has 37 heavy (non-hydrogen) atoms. The number of imidazole rings is 1. The number of aromatic nitrogens is 2. The van der Waals surface area contributed by atoms with Crippen molar-refractivity contribution in [3.05, 3.63) is 65.7 Å². The topological polar surface area (TPSA) is 102 Å². The van der Waals surface area contributed by atoms with E-state index in [4.69, 9.17) is 4.74 Å². The van der Waals surface area contributed by atoms with Crippen molar-refractivity contribution >= 4 is 22.6 Å². The lowest BCUT2D eigenvalue weighted by atomic mass is 10.1. The SMILES string of the molecule is COc1cc(-c2nc3ccc(N4CCN(C(=O)c5ccccc5C(F)(F)F)CC4)cc3[nH]2)cc(O)c1O. The van der Waals surface area contributed by atoms with Gasteiger partial charge in [-0.05, 0) is 42.5 Å². The number of carbonyl (C=O) groups is 1. The number of halogens is 3. The summed E-state index contributed by atoms with van der Waals surface area (Å²) >= 11 is 0. The third-order valence-corrected chi connectivity index (χ3v) is 6.41. The van der Waals surface area contributed by atoms with Crippen LogP contribution in [0.1, 0.15) is 15.9 Å². The summed E-state index contributed by atoms with van der Waals surface area (Å²) in [6.45, 7) is 1.47. The minimum atomic E-state index is -4.60. The van der Waals surface area contributed by atoms with Crippen LogP contribution in [0.5, 0.6) is 17.2 Å². The Morgan fingerprint density at radius 3 is 2.46 bits per heavy atom. The highest BCUT2D eigenvalue weighted by Crippen LogP contribution is 2.39. The van der Waals surface area contributed by atoms with Gasteiger partial charge >= 0.3 is 6.18 Å². The van der Waals surface area contributed by atoms with Gasteiger partial charge in [0.15, 0.2) is 11.5 Å². The number of hydrogen-bond donors (Lipinski definition) is 3. The van der Waals surface area contributed by atoms with Gasteiger partial charge in [-0.2, -0.15) is 13.2 Å². The molecule has 3 aromatic carbocycles. The number of nitrogens with zero attached hydrogens (tertiary/aromatic N) is 3. The van der Waals surface area contributed by atoms with Gasteiger partial charge in [0, 0.05) is 37.4 Å². The van der Waals surface area contributed by atoms with Crippen LogP contribution in [0.25, 0.3) is 22.4 Å². The number of ether oxygens (including phenoxy) is 1. The highest BCUT2D eigenvalue weighted by atomic mass is 19.4. The summed E-state index contributed by atoms with van der Waals surface area (Å²) in [5, 5.41) is 19.9. The Bertz CT molecular complexity index is 1480. The fourth-order valence-corrected chi connectivity index (χ4v) is 4.47. The van der Waals surface area contributed by atoms with Gasteiger partial charge in [-0.1, -0.05) is 12.1 Å². The second kappa shape index (κ2) is 9.23. The van der Waals surface area contributed by atoms with Crippen LogP contribution >= 0.6 is 0 Å². The number of phenolic OH excluding ortho intramolecular Hbond substituents is 2. The zero-order valence-corrected chi connectivity index (χ0v) is 19.7. The van der Waals surface area contributed by atoms with Crippen LogP contribution in [0.4, 0.5) is 18.9 Å². The standard InChI is InChI=1S/C26H23F3N4O4/c1-37-22-13-15(12-21(34)23(22)35)24-30-19-7-6-16(14-20(19)31-24)32-8-10-33(11-9-32)25(36)17-4-2-3-5-18(17)26(27,28)29/h2-7,12-14,34-35H,8-11H2,1H3,(H,30,31). The number of aromatic amines is 1. The number of aromatic hydroxyl groups is 2. The van der Waals surface area contributed by atoms with E-state index >= 15 is 0 Å². The zero-order valence-electron chi connectivity index (χ0n) is 19.7. The van der Waals surface area contributed by atoms with Gasteiger partial charge in [-0.15, -0.1) is 0 Å². The summed E-state index contributed by atoms with van der Waals surface area (Å²) in [6, 6.07) is 13.4. The van der Waals surface area contributed by atoms with Crippen LogP contribution < -0.4 is 9.64 Å². The lowest BCUT2D eigenvalue weighted by Crippen LogP contribution is -2.49. The Kier molecular flexibility index (Phi) is 6.06. The maximum Gasteiger partial charge on any atom is 0.417 e. The van der Waals surface area contributed by atoms with Gasteiger partial charge in [0.05, 0.1) is 29.3 Å². The molecule has 1 saturated heterocycles. The van der Waals surface area contributed by atoms with Crippen LogP contribution in [0, 0.1) is 0 Å². The molecule has 0 unspecified atom stereocenters. The van der Waals surface area contributed by atoms with E-state index in [0.717, 1.165) is 17.3 Å². The van der Waals surface area contributed by atoms with Crippen LogP contribution in [0.15, 0.2) is 54.6 Å². The van der Waals surface area contributed by atoms with Crippen LogP contribution in [0.2, 0.25) is 0 Å². The number of H-pyrrole nitrogens is 1. The summed E-state index contributed by atoms with van der Waals surface area (Å²) < 4.78 is 45.2. The molecule has 8 nitrogen and oxygen atoms in total. The molecule has 0 radical (unpaired) electrons. The zero-order chi connectivity index (χ0) is 26.3. The number of piperazine rings is 1. The lowest BCUT2D eigenvalue weighted by molar-refractivity contribution is -0.138. The number of hydrogen-bond acceptors (Lipinski definition) is 6. The van der Waals surface area contributed by atoms with Gasteiger partial charge < -0.3 is 29.7 Å². The smallest absolute Gasteiger partial charge is 0.417 e. The predicted molar refractivity (Wildman–Crippen MR) is 131 cm³/mol. The van der Waals surface area contributed by atoms with Gasteiger partial charge in [0.2, 0.25) is 5.75 Å². The minimum Gasteiger partial charge on any atom is -0.504 e. The number of benzene rings is 3. The van der Waals surface area contributed by atoms with Gasteiger partial charge in [0.25, 0.3) is 5.91 Å². The number of alkyl halides is 3. The number of anilines is 1. The quantitative estimate of drug-likeness (QED) is 0.345. The number of methoxy groups -OCH3 is 1. The van der Waals surface area contributed by atoms with Crippen molar-refractivity contribution in [2.24, 2.45) is 0 Å². The van der Waals surface area contributed by atoms with Crippen molar-refractivity contribution in [2.45, 2.75) is 6.18 Å². The molecule has 2 heterocycles. The van der Waals surface area contributed by atoms with E-state index in [2.05, 4.69) is 14.9 Å². The van der Waals surface area contributed by atoms with E-state index in [1.807, 2.05) is 18.2 Å². The summed E-state index contributed by atoms with van der Waals surface area (Å²) in [4.78, 5) is 24.1. The maximum absolute atomic E-state index is 13.4. The Balaban J connectivity index is 1.33. The third-order valence-electron chi connectivity index (χ3n) is 6.41. The highest BCUT2D eigenvalue weighted by Gasteiger charge is 2.36. The van der Waals surface area contributed by atoms with Crippen molar-refractivity contribution in [1.82, 2.24) is 14.9 Å². The highest BCUT2D eigenvalue weighted by molar-refractivity contribution is 5.96.